The van der Waals surface area contributed by atoms with Crippen LogP contribution in [0.15, 0.2) is 54.7 Å². The summed E-state index contributed by atoms with van der Waals surface area (Å²) in [4.78, 5) is 24.1. The number of fused-ring (bicyclic) bond motifs is 2. The molecule has 0 radical (unpaired) electrons. The van der Waals surface area contributed by atoms with Crippen LogP contribution in [0.2, 0.25) is 0 Å². The minimum Gasteiger partial charge on any atom is -0.377 e. The van der Waals surface area contributed by atoms with Gasteiger partial charge in [0.15, 0.2) is 0 Å². The van der Waals surface area contributed by atoms with Gasteiger partial charge in [0, 0.05) is 41.1 Å². The predicted octanol–water partition coefficient (Wildman–Crippen LogP) is 5.78. The van der Waals surface area contributed by atoms with Gasteiger partial charge in [-0.15, -0.1) is 0 Å². The van der Waals surface area contributed by atoms with Gasteiger partial charge < -0.3 is 24.5 Å². The van der Waals surface area contributed by atoms with Gasteiger partial charge in [-0.25, -0.2) is 0 Å². The second-order valence-electron chi connectivity index (χ2n) is 10.4. The van der Waals surface area contributed by atoms with E-state index in [9.17, 15) is 18.0 Å². The molecule has 2 aliphatic heterocycles. The highest BCUT2D eigenvalue weighted by atomic mass is 19.4. The summed E-state index contributed by atoms with van der Waals surface area (Å²) in [7, 11) is 0. The van der Waals surface area contributed by atoms with Gasteiger partial charge >= 0.3 is 6.18 Å². The second kappa shape index (κ2) is 10.1. The number of carbonyl (C=O) groups excluding carboxylic acids is 1. The van der Waals surface area contributed by atoms with Crippen molar-refractivity contribution < 1.29 is 22.7 Å². The number of nitrogens with one attached hydrogen (secondary N) is 2. The van der Waals surface area contributed by atoms with Crippen LogP contribution in [-0.2, 0) is 10.9 Å². The van der Waals surface area contributed by atoms with Crippen LogP contribution in [-0.4, -0.2) is 71.1 Å². The summed E-state index contributed by atoms with van der Waals surface area (Å²) < 4.78 is 45.0. The minimum atomic E-state index is -4.42. The molecule has 0 spiro atoms. The molecule has 0 saturated carbocycles. The third kappa shape index (κ3) is 4.92. The zero-order valence-electron chi connectivity index (χ0n) is 21.1. The smallest absolute Gasteiger partial charge is 0.377 e. The van der Waals surface area contributed by atoms with Gasteiger partial charge in [-0.1, -0.05) is 18.2 Å². The number of amides is 1. The van der Waals surface area contributed by atoms with Gasteiger partial charge in [0.05, 0.1) is 24.8 Å². The van der Waals surface area contributed by atoms with Crippen molar-refractivity contribution in [3.8, 4) is 0 Å². The molecule has 1 amide bonds. The molecule has 0 unspecified atom stereocenters. The van der Waals surface area contributed by atoms with Crippen LogP contribution in [0.3, 0.4) is 0 Å². The summed E-state index contributed by atoms with van der Waals surface area (Å²) in [5, 5.41) is 1.69. The van der Waals surface area contributed by atoms with E-state index in [0.29, 0.717) is 42.3 Å². The minimum absolute atomic E-state index is 0.0697. The first-order chi connectivity index (χ1) is 18.4. The number of halogens is 3. The quantitative estimate of drug-likeness (QED) is 0.348. The molecule has 1 atom stereocenters. The molecule has 4 heterocycles. The monoisotopic (exact) mass is 524 g/mol. The zero-order chi connectivity index (χ0) is 26.3. The van der Waals surface area contributed by atoms with Crippen LogP contribution in [0.5, 0.6) is 0 Å². The van der Waals surface area contributed by atoms with E-state index in [2.05, 4.69) is 45.3 Å². The summed E-state index contributed by atoms with van der Waals surface area (Å²) in [6, 6.07) is 13.4. The number of H-pyrrole nitrogens is 2. The predicted molar refractivity (Wildman–Crippen MR) is 140 cm³/mol. The van der Waals surface area contributed by atoms with Crippen LogP contribution < -0.4 is 0 Å². The van der Waals surface area contributed by atoms with E-state index < -0.39 is 11.7 Å². The van der Waals surface area contributed by atoms with Crippen LogP contribution in [0.25, 0.3) is 21.8 Å². The topological polar surface area (TPSA) is 64.4 Å². The van der Waals surface area contributed by atoms with Gasteiger partial charge in [0.1, 0.15) is 5.69 Å². The molecule has 2 aromatic carbocycles. The third-order valence-corrected chi connectivity index (χ3v) is 8.09. The summed E-state index contributed by atoms with van der Waals surface area (Å²) in [6.07, 6.45) is 0.722. The Labute approximate surface area is 218 Å². The van der Waals surface area contributed by atoms with Crippen LogP contribution in [0.4, 0.5) is 13.2 Å². The highest BCUT2D eigenvalue weighted by Crippen LogP contribution is 2.34. The standard InChI is InChI=1S/C29H31F3N4O2/c30-29(31,32)21-5-6-25-20(15-21)16-27(34-25)28(37)36-13-14-38-18-22(36)9-12-35-10-7-19(8-11-35)24-17-33-26-4-2-1-3-23(24)26/h1-6,15-17,19,22,33-34H,7-14,18H2/t22-/m1/s1. The van der Waals surface area contributed by atoms with Crippen molar-refractivity contribution in [1.29, 1.82) is 0 Å². The number of para-hydroxylation sites is 1. The fourth-order valence-corrected chi connectivity index (χ4v) is 5.97. The van der Waals surface area contributed by atoms with Crippen molar-refractivity contribution >= 4 is 27.7 Å². The Morgan fingerprint density at radius 1 is 1.03 bits per heavy atom. The van der Waals surface area contributed by atoms with E-state index in [4.69, 9.17) is 4.74 Å². The average molecular weight is 525 g/mol. The number of benzene rings is 2. The first-order valence-corrected chi connectivity index (χ1v) is 13.2. The molecular weight excluding hydrogens is 493 g/mol. The number of likely N-dealkylation sites (tertiary alicyclic amines) is 1. The van der Waals surface area contributed by atoms with Gasteiger partial charge in [-0.05, 0) is 74.2 Å². The van der Waals surface area contributed by atoms with E-state index in [1.807, 2.05) is 4.90 Å². The van der Waals surface area contributed by atoms with Crippen LogP contribution >= 0.6 is 0 Å². The maximum Gasteiger partial charge on any atom is 0.416 e. The van der Waals surface area contributed by atoms with E-state index in [0.717, 1.165) is 51.0 Å². The Kier molecular flexibility index (Phi) is 6.65. The molecule has 38 heavy (non-hydrogen) atoms. The molecule has 2 fully saturated rings. The van der Waals surface area contributed by atoms with Crippen molar-refractivity contribution in [2.75, 3.05) is 39.4 Å². The number of hydrogen-bond acceptors (Lipinski definition) is 3. The Morgan fingerprint density at radius 2 is 1.84 bits per heavy atom. The molecule has 0 bridgehead atoms. The highest BCUT2D eigenvalue weighted by molar-refractivity contribution is 5.98. The third-order valence-electron chi connectivity index (χ3n) is 8.09. The number of aromatic amines is 2. The number of nitrogens with zero attached hydrogens (tertiary/aromatic N) is 2. The number of morpholine rings is 1. The lowest BCUT2D eigenvalue weighted by Crippen LogP contribution is -2.50. The number of hydrogen-bond donors (Lipinski definition) is 2. The van der Waals surface area contributed by atoms with Crippen LogP contribution in [0.1, 0.15) is 46.8 Å². The lowest BCUT2D eigenvalue weighted by molar-refractivity contribution is -0.137. The molecular formula is C29H31F3N4O2. The maximum atomic E-state index is 13.4. The SMILES string of the molecule is O=C(c1cc2cc(C(F)(F)F)ccc2[nH]1)N1CCOC[C@H]1CCN1CCC(c2c[nH]c3ccccc23)CC1. The fraction of sp³-hybridized carbons (Fsp3) is 0.414. The Balaban J connectivity index is 1.08. The summed E-state index contributed by atoms with van der Waals surface area (Å²) in [6.45, 7) is 4.28. The molecule has 2 N–H and O–H groups in total. The summed E-state index contributed by atoms with van der Waals surface area (Å²) in [5.41, 5.74) is 2.69. The first kappa shape index (κ1) is 25.0. The lowest BCUT2D eigenvalue weighted by atomic mass is 9.89. The van der Waals surface area contributed by atoms with Gasteiger partial charge in [0.25, 0.3) is 5.91 Å². The van der Waals surface area contributed by atoms with Crippen molar-refractivity contribution in [2.24, 2.45) is 0 Å². The molecule has 2 aliphatic rings. The molecule has 2 aromatic heterocycles. The largest absolute Gasteiger partial charge is 0.416 e. The van der Waals surface area contributed by atoms with Crippen molar-refractivity contribution in [3.05, 3.63) is 71.5 Å². The number of aromatic nitrogens is 2. The van der Waals surface area contributed by atoms with E-state index in [-0.39, 0.29) is 11.9 Å². The number of piperidine rings is 1. The zero-order valence-corrected chi connectivity index (χ0v) is 21.1. The van der Waals surface area contributed by atoms with E-state index in [1.165, 1.54) is 28.6 Å². The molecule has 0 aliphatic carbocycles. The first-order valence-electron chi connectivity index (χ1n) is 13.2. The molecule has 200 valence electrons. The van der Waals surface area contributed by atoms with Crippen molar-refractivity contribution in [3.63, 3.8) is 0 Å². The Morgan fingerprint density at radius 3 is 2.66 bits per heavy atom. The Bertz CT molecular complexity index is 1430. The van der Waals surface area contributed by atoms with Crippen LogP contribution in [0, 0.1) is 0 Å². The average Bonchev–Trinajstić information content (AvgIpc) is 3.56. The lowest BCUT2D eigenvalue weighted by Gasteiger charge is -2.38. The summed E-state index contributed by atoms with van der Waals surface area (Å²) >= 11 is 0. The van der Waals surface area contributed by atoms with Crippen molar-refractivity contribution in [1.82, 2.24) is 19.8 Å². The summed E-state index contributed by atoms with van der Waals surface area (Å²) in [5.74, 6) is 0.347. The molecule has 6 rings (SSSR count). The maximum absolute atomic E-state index is 13.4. The molecule has 9 heteroatoms. The Hall–Kier alpha value is -3.30. The van der Waals surface area contributed by atoms with Gasteiger partial charge in [0.2, 0.25) is 0 Å². The van der Waals surface area contributed by atoms with Crippen molar-refractivity contribution in [2.45, 2.75) is 37.4 Å². The highest BCUT2D eigenvalue weighted by Gasteiger charge is 2.32. The molecule has 4 aromatic rings. The number of ether oxygens (including phenoxy) is 1. The number of alkyl halides is 3. The molecule has 2 saturated heterocycles. The number of carbonyl (C=O) groups is 1. The fourth-order valence-electron chi connectivity index (χ4n) is 5.97. The van der Waals surface area contributed by atoms with Gasteiger partial charge in [-0.3, -0.25) is 4.79 Å². The second-order valence-corrected chi connectivity index (χ2v) is 10.4. The normalized spacial score (nSPS) is 20.0. The van der Waals surface area contributed by atoms with E-state index >= 15 is 0 Å². The molecule has 6 nitrogen and oxygen atoms in total. The van der Waals surface area contributed by atoms with Gasteiger partial charge in [-0.2, -0.15) is 13.2 Å². The number of rotatable bonds is 5. The van der Waals surface area contributed by atoms with E-state index in [1.54, 1.807) is 0 Å².